The molecule has 0 aromatic heterocycles. The average molecular weight is 201 g/mol. The van der Waals surface area contributed by atoms with E-state index in [0.29, 0.717) is 5.56 Å². The molecule has 0 atom stereocenters. The molecule has 0 amide bonds. The van der Waals surface area contributed by atoms with E-state index in [1.807, 2.05) is 38.1 Å². The Bertz CT molecular complexity index is 405. The Kier molecular flexibility index (Phi) is 3.86. The van der Waals surface area contributed by atoms with E-state index in [2.05, 4.69) is 11.9 Å². The van der Waals surface area contributed by atoms with Gasteiger partial charge in [-0.25, -0.2) is 0 Å². The van der Waals surface area contributed by atoms with Crippen molar-refractivity contribution in [2.75, 3.05) is 5.32 Å². The smallest absolute Gasteiger partial charge is 0.150 e. The summed E-state index contributed by atoms with van der Waals surface area (Å²) < 4.78 is 0. The number of carbonyl (C=O) groups is 1. The number of aryl methyl sites for hydroxylation is 1. The zero-order valence-corrected chi connectivity index (χ0v) is 9.08. The first-order valence-corrected chi connectivity index (χ1v) is 4.83. The van der Waals surface area contributed by atoms with Crippen LogP contribution in [0, 0.1) is 6.92 Å². The van der Waals surface area contributed by atoms with Gasteiger partial charge in [0.05, 0.1) is 0 Å². The van der Waals surface area contributed by atoms with Gasteiger partial charge in [-0.05, 0) is 25.6 Å². The van der Waals surface area contributed by atoms with Gasteiger partial charge in [0.25, 0.3) is 0 Å². The first kappa shape index (κ1) is 11.2. The number of hydrogen-bond donors (Lipinski definition) is 1. The molecule has 1 N–H and O–H groups in total. The van der Waals surface area contributed by atoms with Crippen LogP contribution >= 0.6 is 0 Å². The fourth-order valence-corrected chi connectivity index (χ4v) is 1.49. The Balaban J connectivity index is 3.42. The van der Waals surface area contributed by atoms with Crippen molar-refractivity contribution >= 4 is 18.0 Å². The molecule has 0 unspecified atom stereocenters. The third-order valence-corrected chi connectivity index (χ3v) is 2.19. The summed E-state index contributed by atoms with van der Waals surface area (Å²) in [6.45, 7) is 7.55. The van der Waals surface area contributed by atoms with Crippen molar-refractivity contribution in [3.63, 3.8) is 0 Å². The third-order valence-electron chi connectivity index (χ3n) is 2.19. The highest BCUT2D eigenvalue weighted by molar-refractivity contribution is 5.88. The molecule has 0 aliphatic heterocycles. The number of nitrogens with one attached hydrogen (secondary N) is 1. The number of aldehydes is 1. The summed E-state index contributed by atoms with van der Waals surface area (Å²) in [6.07, 6.45) is 6.31. The maximum atomic E-state index is 10.9. The van der Waals surface area contributed by atoms with Gasteiger partial charge in [0, 0.05) is 16.8 Å². The van der Waals surface area contributed by atoms with E-state index in [1.54, 1.807) is 6.20 Å². The van der Waals surface area contributed by atoms with Gasteiger partial charge in [-0.3, -0.25) is 4.79 Å². The average Bonchev–Trinajstić information content (AvgIpc) is 2.24. The fourth-order valence-electron chi connectivity index (χ4n) is 1.49. The molecule has 1 aromatic rings. The summed E-state index contributed by atoms with van der Waals surface area (Å²) in [4.78, 5) is 10.9. The van der Waals surface area contributed by atoms with Crippen LogP contribution in [0.5, 0.6) is 0 Å². The quantitative estimate of drug-likeness (QED) is 0.756. The molecule has 1 rings (SSSR count). The van der Waals surface area contributed by atoms with Crippen LogP contribution in [0.1, 0.15) is 28.4 Å². The number of anilines is 1. The molecule has 0 heterocycles. The van der Waals surface area contributed by atoms with Gasteiger partial charge in [-0.1, -0.05) is 30.9 Å². The predicted molar refractivity (Wildman–Crippen MR) is 65.1 cm³/mol. The van der Waals surface area contributed by atoms with Gasteiger partial charge in [0.1, 0.15) is 0 Å². The summed E-state index contributed by atoms with van der Waals surface area (Å²) in [7, 11) is 0. The first-order chi connectivity index (χ1) is 7.24. The molecule has 0 saturated carbocycles. The van der Waals surface area contributed by atoms with Crippen molar-refractivity contribution in [1.82, 2.24) is 0 Å². The molecule has 78 valence electrons. The first-order valence-electron chi connectivity index (χ1n) is 4.83. The van der Waals surface area contributed by atoms with Crippen LogP contribution in [0.25, 0.3) is 6.08 Å². The monoisotopic (exact) mass is 201 g/mol. The van der Waals surface area contributed by atoms with Crippen molar-refractivity contribution in [3.8, 4) is 0 Å². The maximum absolute atomic E-state index is 10.9. The lowest BCUT2D eigenvalue weighted by atomic mass is 10.0. The Morgan fingerprint density at radius 1 is 1.40 bits per heavy atom. The molecule has 2 nitrogen and oxygen atoms in total. The van der Waals surface area contributed by atoms with Crippen LogP contribution in [0.2, 0.25) is 0 Å². The fraction of sp³-hybridized carbons (Fsp3) is 0.154. The summed E-state index contributed by atoms with van der Waals surface area (Å²) >= 11 is 0. The summed E-state index contributed by atoms with van der Waals surface area (Å²) in [5, 5.41) is 3.06. The topological polar surface area (TPSA) is 29.1 Å². The zero-order chi connectivity index (χ0) is 11.3. The van der Waals surface area contributed by atoms with E-state index in [1.165, 1.54) is 0 Å². The normalized spacial score (nSPS) is 10.3. The number of hydrogen-bond acceptors (Lipinski definition) is 2. The maximum Gasteiger partial charge on any atom is 0.150 e. The second-order valence-electron chi connectivity index (χ2n) is 3.23. The molecule has 0 spiro atoms. The van der Waals surface area contributed by atoms with Crippen molar-refractivity contribution in [2.24, 2.45) is 0 Å². The predicted octanol–water partition coefficient (Wildman–Crippen LogP) is 3.40. The Morgan fingerprint density at radius 2 is 2.13 bits per heavy atom. The summed E-state index contributed by atoms with van der Waals surface area (Å²) in [5.41, 5.74) is 3.62. The van der Waals surface area contributed by atoms with E-state index >= 15 is 0 Å². The number of allylic oxidation sites excluding steroid dienone is 1. The molecule has 0 radical (unpaired) electrons. The van der Waals surface area contributed by atoms with Gasteiger partial charge in [0.15, 0.2) is 6.29 Å². The van der Waals surface area contributed by atoms with Crippen LogP contribution in [0.15, 0.2) is 31.0 Å². The second kappa shape index (κ2) is 5.15. The minimum Gasteiger partial charge on any atom is -0.362 e. The highest BCUT2D eigenvalue weighted by Gasteiger charge is 2.06. The SMILES string of the molecule is C=CNc1c(C)ccc(C=O)c1/C=C\C. The summed E-state index contributed by atoms with van der Waals surface area (Å²) in [5.74, 6) is 0. The van der Waals surface area contributed by atoms with Crippen LogP contribution in [0.4, 0.5) is 5.69 Å². The van der Waals surface area contributed by atoms with E-state index in [4.69, 9.17) is 0 Å². The lowest BCUT2D eigenvalue weighted by molar-refractivity contribution is 0.112. The van der Waals surface area contributed by atoms with Gasteiger partial charge < -0.3 is 5.32 Å². The van der Waals surface area contributed by atoms with Gasteiger partial charge in [-0.2, -0.15) is 0 Å². The standard InChI is InChI=1S/C13H15NO/c1-4-6-12-11(9-15)8-7-10(3)13(12)14-5-2/h4-9,14H,2H2,1,3H3/b6-4-. The van der Waals surface area contributed by atoms with Crippen LogP contribution in [0.3, 0.4) is 0 Å². The number of benzene rings is 1. The zero-order valence-electron chi connectivity index (χ0n) is 9.08. The highest BCUT2D eigenvalue weighted by atomic mass is 16.1. The number of carbonyl (C=O) groups excluding carboxylic acids is 1. The van der Waals surface area contributed by atoms with Crippen molar-refractivity contribution in [1.29, 1.82) is 0 Å². The molecule has 0 saturated heterocycles. The molecule has 0 fully saturated rings. The van der Waals surface area contributed by atoms with E-state index in [-0.39, 0.29) is 0 Å². The van der Waals surface area contributed by atoms with Gasteiger partial charge in [-0.15, -0.1) is 0 Å². The van der Waals surface area contributed by atoms with Gasteiger partial charge >= 0.3 is 0 Å². The molecular weight excluding hydrogens is 186 g/mol. The molecule has 0 aliphatic rings. The molecule has 2 heteroatoms. The Labute approximate surface area is 90.3 Å². The largest absolute Gasteiger partial charge is 0.362 e. The molecular formula is C13H15NO. The van der Waals surface area contributed by atoms with Crippen molar-refractivity contribution in [2.45, 2.75) is 13.8 Å². The molecule has 1 aromatic carbocycles. The minimum absolute atomic E-state index is 0.683. The molecule has 0 bridgehead atoms. The van der Waals surface area contributed by atoms with Crippen molar-refractivity contribution in [3.05, 3.63) is 47.7 Å². The second-order valence-corrected chi connectivity index (χ2v) is 3.23. The van der Waals surface area contributed by atoms with E-state index in [9.17, 15) is 4.79 Å². The lowest BCUT2D eigenvalue weighted by Crippen LogP contribution is -1.97. The van der Waals surface area contributed by atoms with Crippen LogP contribution < -0.4 is 5.32 Å². The van der Waals surface area contributed by atoms with Crippen LogP contribution in [-0.4, -0.2) is 6.29 Å². The van der Waals surface area contributed by atoms with E-state index in [0.717, 1.165) is 23.1 Å². The highest BCUT2D eigenvalue weighted by Crippen LogP contribution is 2.25. The van der Waals surface area contributed by atoms with Gasteiger partial charge in [0.2, 0.25) is 0 Å². The lowest BCUT2D eigenvalue weighted by Gasteiger charge is -2.11. The molecule has 0 aliphatic carbocycles. The number of rotatable bonds is 4. The van der Waals surface area contributed by atoms with Crippen molar-refractivity contribution < 1.29 is 4.79 Å². The van der Waals surface area contributed by atoms with E-state index < -0.39 is 0 Å². The van der Waals surface area contributed by atoms with Crippen LogP contribution in [-0.2, 0) is 0 Å². The summed E-state index contributed by atoms with van der Waals surface area (Å²) in [6, 6.07) is 3.74. The minimum atomic E-state index is 0.683. The Hall–Kier alpha value is -1.83. The molecule has 15 heavy (non-hydrogen) atoms. The third kappa shape index (κ3) is 2.34. The Morgan fingerprint density at radius 3 is 2.67 bits per heavy atom.